The van der Waals surface area contributed by atoms with E-state index in [1.165, 1.54) is 22.3 Å². The minimum absolute atomic E-state index is 0.0952. The standard InChI is InChI=1S/C41H46N2O8Si2/c1-44-52(45-2,46-3)31-19-15-27(16-20-31)25-41(26-28-17-21-32(22-18-28)53(47-4,48-5)49-6,39-42-37-33-13-9-7-11-29(33)23-35(37)50-39)40-43-38-34-14-10-8-12-30(34)24-36(38)51-40/h7-22,35-38H,23-26H2,1-6H3/t35-,36-,37+,38+/m0/s1. The second-order valence-electron chi connectivity index (χ2n) is 14.0. The molecule has 2 heterocycles. The Balaban J connectivity index is 1.26. The molecule has 10 nitrogen and oxygen atoms in total. The van der Waals surface area contributed by atoms with Crippen molar-refractivity contribution in [2.75, 3.05) is 42.7 Å². The number of hydrogen-bond acceptors (Lipinski definition) is 10. The van der Waals surface area contributed by atoms with E-state index in [2.05, 4.69) is 72.8 Å². The lowest BCUT2D eigenvalue weighted by molar-refractivity contribution is 0.140. The molecule has 0 amide bonds. The first-order chi connectivity index (χ1) is 25.8. The Bertz CT molecular complexity index is 1850. The maximum atomic E-state index is 7.03. The summed E-state index contributed by atoms with van der Waals surface area (Å²) < 4.78 is 48.8. The molecule has 0 N–H and O–H groups in total. The van der Waals surface area contributed by atoms with Crippen molar-refractivity contribution >= 4 is 39.8 Å². The molecule has 53 heavy (non-hydrogen) atoms. The molecular weight excluding hydrogens is 705 g/mol. The zero-order chi connectivity index (χ0) is 36.8. The molecule has 0 aromatic heterocycles. The number of ether oxygens (including phenoxy) is 2. The van der Waals surface area contributed by atoms with Gasteiger partial charge in [-0.05, 0) is 46.2 Å². The molecule has 0 bridgehead atoms. The van der Waals surface area contributed by atoms with E-state index in [1.54, 1.807) is 42.7 Å². The minimum Gasteiger partial charge on any atom is -0.474 e. The van der Waals surface area contributed by atoms with E-state index in [0.717, 1.165) is 34.3 Å². The van der Waals surface area contributed by atoms with Crippen LogP contribution in [0.2, 0.25) is 0 Å². The summed E-state index contributed by atoms with van der Waals surface area (Å²) in [5, 5.41) is 1.75. The molecule has 4 aromatic rings. The van der Waals surface area contributed by atoms with Crippen molar-refractivity contribution in [2.24, 2.45) is 15.4 Å². The lowest BCUT2D eigenvalue weighted by atomic mass is 9.75. The Morgan fingerprint density at radius 3 is 1.25 bits per heavy atom. The summed E-state index contributed by atoms with van der Waals surface area (Å²) in [6.07, 6.45) is 2.47. The van der Waals surface area contributed by atoms with E-state index >= 15 is 0 Å². The number of rotatable bonds is 14. The average Bonchev–Trinajstić information content (AvgIpc) is 3.98. The fourth-order valence-corrected chi connectivity index (χ4v) is 12.2. The third-order valence-electron chi connectivity index (χ3n) is 11.4. The van der Waals surface area contributed by atoms with E-state index in [1.807, 2.05) is 24.3 Å². The van der Waals surface area contributed by atoms with Gasteiger partial charge in [0, 0.05) is 65.9 Å². The van der Waals surface area contributed by atoms with Crippen molar-refractivity contribution in [3.05, 3.63) is 130 Å². The van der Waals surface area contributed by atoms with Crippen LogP contribution in [0.5, 0.6) is 0 Å². The van der Waals surface area contributed by atoms with Crippen LogP contribution in [0.15, 0.2) is 107 Å². The average molecular weight is 751 g/mol. The maximum Gasteiger partial charge on any atom is 0.536 e. The van der Waals surface area contributed by atoms with Gasteiger partial charge in [-0.1, -0.05) is 97.1 Å². The van der Waals surface area contributed by atoms with Crippen LogP contribution in [0.25, 0.3) is 0 Å². The second kappa shape index (κ2) is 14.3. The molecule has 2 aliphatic carbocycles. The van der Waals surface area contributed by atoms with Gasteiger partial charge in [-0.15, -0.1) is 0 Å². The van der Waals surface area contributed by atoms with E-state index in [4.69, 9.17) is 46.0 Å². The van der Waals surface area contributed by atoms with Crippen LogP contribution in [-0.4, -0.2) is 84.3 Å². The van der Waals surface area contributed by atoms with Crippen molar-refractivity contribution < 1.29 is 36.0 Å². The van der Waals surface area contributed by atoms with Crippen molar-refractivity contribution in [1.29, 1.82) is 0 Å². The smallest absolute Gasteiger partial charge is 0.474 e. The molecule has 8 rings (SSSR count). The fourth-order valence-electron chi connectivity index (χ4n) is 8.68. The second-order valence-corrected chi connectivity index (χ2v) is 19.9. The van der Waals surface area contributed by atoms with Crippen LogP contribution in [0.1, 0.15) is 45.5 Å². The molecular formula is C41H46N2O8Si2. The molecule has 4 atom stereocenters. The van der Waals surface area contributed by atoms with Crippen LogP contribution >= 0.6 is 0 Å². The molecule has 4 aliphatic rings. The van der Waals surface area contributed by atoms with Crippen molar-refractivity contribution in [1.82, 2.24) is 0 Å². The monoisotopic (exact) mass is 750 g/mol. The first-order valence-electron chi connectivity index (χ1n) is 18.0. The highest BCUT2D eigenvalue weighted by Gasteiger charge is 2.55. The van der Waals surface area contributed by atoms with Gasteiger partial charge in [-0.25, -0.2) is 9.98 Å². The van der Waals surface area contributed by atoms with Gasteiger partial charge in [0.1, 0.15) is 29.7 Å². The van der Waals surface area contributed by atoms with Gasteiger partial charge >= 0.3 is 17.6 Å². The van der Waals surface area contributed by atoms with Crippen LogP contribution in [0.4, 0.5) is 0 Å². The van der Waals surface area contributed by atoms with Gasteiger partial charge in [0.25, 0.3) is 0 Å². The van der Waals surface area contributed by atoms with Crippen molar-refractivity contribution in [3.8, 4) is 0 Å². The maximum absolute atomic E-state index is 7.03. The molecule has 0 unspecified atom stereocenters. The summed E-state index contributed by atoms with van der Waals surface area (Å²) in [4.78, 5) is 10.9. The number of hydrogen-bond donors (Lipinski definition) is 0. The number of aliphatic imine (C=N–C) groups is 2. The normalized spacial score (nSPS) is 21.6. The van der Waals surface area contributed by atoms with Crippen LogP contribution < -0.4 is 10.4 Å². The molecule has 2 aliphatic heterocycles. The lowest BCUT2D eigenvalue weighted by Gasteiger charge is -2.34. The van der Waals surface area contributed by atoms with Crippen LogP contribution in [0, 0.1) is 5.41 Å². The Kier molecular flexibility index (Phi) is 9.75. The summed E-state index contributed by atoms with van der Waals surface area (Å²) >= 11 is 0. The first kappa shape index (κ1) is 36.0. The van der Waals surface area contributed by atoms with E-state index < -0.39 is 23.0 Å². The van der Waals surface area contributed by atoms with Crippen LogP contribution in [-0.2, 0) is 61.7 Å². The quantitative estimate of drug-likeness (QED) is 0.170. The minimum atomic E-state index is -3.04. The molecule has 0 radical (unpaired) electrons. The SMILES string of the molecule is CO[Si](OC)(OC)c1ccc(CC(Cc2ccc([Si](OC)(OC)OC)cc2)(C2=N[C@@H]3c4ccccc4C[C@@H]3O2)C2=N[C@@H]3c4ccccc4C[C@@H]3O2)cc1. The third-order valence-corrected chi connectivity index (χ3v) is 16.7. The largest absolute Gasteiger partial charge is 0.536 e. The van der Waals surface area contributed by atoms with Crippen molar-refractivity contribution in [3.63, 3.8) is 0 Å². The molecule has 0 saturated carbocycles. The highest BCUT2D eigenvalue weighted by Crippen LogP contribution is 2.49. The zero-order valence-corrected chi connectivity index (χ0v) is 33.0. The Morgan fingerprint density at radius 1 is 0.528 bits per heavy atom. The van der Waals surface area contributed by atoms with Gasteiger partial charge in [-0.3, -0.25) is 0 Å². The van der Waals surface area contributed by atoms with Gasteiger partial charge in [0.15, 0.2) is 0 Å². The summed E-state index contributed by atoms with van der Waals surface area (Å²) in [7, 11) is 3.65. The lowest BCUT2D eigenvalue weighted by Crippen LogP contribution is -2.54. The molecule has 0 saturated heterocycles. The van der Waals surface area contributed by atoms with Crippen molar-refractivity contribution in [2.45, 2.75) is 50.0 Å². The Hall–Kier alpha value is -3.99. The summed E-state index contributed by atoms with van der Waals surface area (Å²) in [6, 6.07) is 33.4. The molecule has 276 valence electrons. The molecule has 4 aromatic carbocycles. The van der Waals surface area contributed by atoms with Gasteiger partial charge in [0.05, 0.1) is 0 Å². The predicted molar refractivity (Wildman–Crippen MR) is 206 cm³/mol. The number of nitrogens with zero attached hydrogens (tertiary/aromatic N) is 2. The summed E-state index contributed by atoms with van der Waals surface area (Å²) in [5.41, 5.74) is 6.27. The summed E-state index contributed by atoms with van der Waals surface area (Å²) in [6.45, 7) is 0. The highest BCUT2D eigenvalue weighted by molar-refractivity contribution is 6.75. The molecule has 0 fully saturated rings. The number of fused-ring (bicyclic) bond motifs is 6. The fraction of sp³-hybridized carbons (Fsp3) is 0.366. The van der Waals surface area contributed by atoms with Gasteiger partial charge in [-0.2, -0.15) is 0 Å². The highest BCUT2D eigenvalue weighted by atomic mass is 28.4. The first-order valence-corrected chi connectivity index (χ1v) is 21.4. The van der Waals surface area contributed by atoms with E-state index in [-0.39, 0.29) is 24.3 Å². The molecule has 0 spiro atoms. The Morgan fingerprint density at radius 2 is 0.887 bits per heavy atom. The van der Waals surface area contributed by atoms with Crippen LogP contribution in [0.3, 0.4) is 0 Å². The molecule has 12 heteroatoms. The topological polar surface area (TPSA) is 98.6 Å². The number of benzene rings is 4. The zero-order valence-electron chi connectivity index (χ0n) is 31.0. The van der Waals surface area contributed by atoms with Gasteiger partial charge in [0.2, 0.25) is 11.8 Å². The van der Waals surface area contributed by atoms with Gasteiger partial charge < -0.3 is 36.0 Å². The third kappa shape index (κ3) is 6.01. The van der Waals surface area contributed by atoms with E-state index in [9.17, 15) is 0 Å². The predicted octanol–water partition coefficient (Wildman–Crippen LogP) is 4.82. The van der Waals surface area contributed by atoms with E-state index in [0.29, 0.717) is 24.6 Å². The Labute approximate surface area is 313 Å². The summed E-state index contributed by atoms with van der Waals surface area (Å²) in [5.74, 6) is 1.32.